The van der Waals surface area contributed by atoms with Gasteiger partial charge in [-0.15, -0.1) is 11.3 Å². The predicted molar refractivity (Wildman–Crippen MR) is 90.0 cm³/mol. The Morgan fingerprint density at radius 3 is 2.50 bits per heavy atom. The molecule has 0 bridgehead atoms. The summed E-state index contributed by atoms with van der Waals surface area (Å²) in [6.45, 7) is 7.40. The summed E-state index contributed by atoms with van der Waals surface area (Å²) in [5.41, 5.74) is 2.47. The molecule has 2 aromatic rings. The van der Waals surface area contributed by atoms with Crippen LogP contribution >= 0.6 is 22.9 Å². The van der Waals surface area contributed by atoms with Crippen molar-refractivity contribution < 1.29 is 0 Å². The lowest BCUT2D eigenvalue weighted by atomic mass is 10.0. The average molecular weight is 308 g/mol. The van der Waals surface area contributed by atoms with Crippen LogP contribution in [0, 0.1) is 6.92 Å². The summed E-state index contributed by atoms with van der Waals surface area (Å²) in [4.78, 5) is 2.91. The number of benzene rings is 1. The zero-order valence-corrected chi connectivity index (χ0v) is 13.9. The summed E-state index contributed by atoms with van der Waals surface area (Å²) in [6.07, 6.45) is 2.16. The predicted octanol–water partition coefficient (Wildman–Crippen LogP) is 5.17. The lowest BCUT2D eigenvalue weighted by molar-refractivity contribution is 0.553. The zero-order valence-electron chi connectivity index (χ0n) is 12.4. The minimum absolute atomic E-state index is 0.360. The van der Waals surface area contributed by atoms with Crippen LogP contribution in [0.25, 0.3) is 0 Å². The number of hydrogen-bond acceptors (Lipinski definition) is 2. The molecule has 1 aromatic heterocycles. The van der Waals surface area contributed by atoms with Gasteiger partial charge in [0.1, 0.15) is 0 Å². The van der Waals surface area contributed by atoms with Crippen molar-refractivity contribution in [1.29, 1.82) is 0 Å². The topological polar surface area (TPSA) is 12.0 Å². The summed E-state index contributed by atoms with van der Waals surface area (Å²) in [5, 5.41) is 4.43. The maximum Gasteiger partial charge on any atom is 0.0435 e. The fourth-order valence-electron chi connectivity index (χ4n) is 2.36. The Labute approximate surface area is 131 Å². The van der Waals surface area contributed by atoms with Gasteiger partial charge in [0.15, 0.2) is 0 Å². The van der Waals surface area contributed by atoms with Crippen LogP contribution in [-0.2, 0) is 12.8 Å². The van der Waals surface area contributed by atoms with Gasteiger partial charge >= 0.3 is 0 Å². The lowest BCUT2D eigenvalue weighted by Crippen LogP contribution is -2.22. The number of aryl methyl sites for hydroxylation is 2. The maximum atomic E-state index is 6.13. The fraction of sp³-hybridized carbons (Fsp3) is 0.412. The molecule has 0 saturated carbocycles. The Balaban J connectivity index is 2.19. The average Bonchev–Trinajstić information content (AvgIpc) is 2.89. The number of rotatable bonds is 6. The molecular formula is C17H22ClNS. The van der Waals surface area contributed by atoms with Crippen molar-refractivity contribution >= 4 is 22.9 Å². The van der Waals surface area contributed by atoms with Crippen LogP contribution in [0.2, 0.25) is 5.02 Å². The molecule has 1 heterocycles. The molecular weight excluding hydrogens is 286 g/mol. The lowest BCUT2D eigenvalue weighted by Gasteiger charge is -2.18. The Kier molecular flexibility index (Phi) is 5.64. The minimum Gasteiger partial charge on any atom is -0.310 e. The highest BCUT2D eigenvalue weighted by atomic mass is 35.5. The second kappa shape index (κ2) is 7.26. The van der Waals surface area contributed by atoms with Crippen molar-refractivity contribution in [3.63, 3.8) is 0 Å². The van der Waals surface area contributed by atoms with E-state index in [1.807, 2.05) is 17.4 Å². The molecule has 1 atom stereocenters. The van der Waals surface area contributed by atoms with E-state index in [1.54, 1.807) is 0 Å². The second-order valence-electron chi connectivity index (χ2n) is 5.04. The summed E-state index contributed by atoms with van der Waals surface area (Å²) in [6, 6.07) is 11.2. The molecule has 0 saturated heterocycles. The van der Waals surface area contributed by atoms with Crippen molar-refractivity contribution in [3.05, 3.63) is 56.2 Å². The van der Waals surface area contributed by atoms with Gasteiger partial charge in [-0.2, -0.15) is 0 Å². The molecule has 3 heteroatoms. The van der Waals surface area contributed by atoms with Gasteiger partial charge in [-0.3, -0.25) is 0 Å². The van der Waals surface area contributed by atoms with Gasteiger partial charge in [-0.1, -0.05) is 37.6 Å². The highest BCUT2D eigenvalue weighted by Gasteiger charge is 2.13. The number of likely N-dealkylation sites (N-methyl/N-ethyl adjacent to an activating group) is 1. The van der Waals surface area contributed by atoms with Crippen LogP contribution < -0.4 is 5.32 Å². The largest absolute Gasteiger partial charge is 0.310 e. The van der Waals surface area contributed by atoms with E-state index in [0.29, 0.717) is 6.04 Å². The maximum absolute atomic E-state index is 6.13. The van der Waals surface area contributed by atoms with Gasteiger partial charge in [0.05, 0.1) is 0 Å². The number of nitrogens with one attached hydrogen (secondary N) is 1. The Morgan fingerprint density at radius 1 is 1.15 bits per heavy atom. The highest BCUT2D eigenvalue weighted by Crippen LogP contribution is 2.26. The standard InChI is InChI=1S/C17H22ClNS/c1-4-14-7-8-15(20-14)11-17(19-5-2)13-6-9-16(18)12(3)10-13/h6-10,17,19H,4-5,11H2,1-3H3. The first kappa shape index (κ1) is 15.6. The molecule has 1 N–H and O–H groups in total. The summed E-state index contributed by atoms with van der Waals surface area (Å²) < 4.78 is 0. The van der Waals surface area contributed by atoms with Crippen LogP contribution in [0.1, 0.15) is 40.8 Å². The van der Waals surface area contributed by atoms with Crippen molar-refractivity contribution in [1.82, 2.24) is 5.32 Å². The van der Waals surface area contributed by atoms with Gasteiger partial charge in [0, 0.05) is 27.2 Å². The molecule has 1 aromatic carbocycles. The molecule has 0 fully saturated rings. The molecule has 20 heavy (non-hydrogen) atoms. The van der Waals surface area contributed by atoms with Crippen LogP contribution in [0.5, 0.6) is 0 Å². The molecule has 108 valence electrons. The van der Waals surface area contributed by atoms with Gasteiger partial charge in [0.25, 0.3) is 0 Å². The third kappa shape index (κ3) is 3.85. The van der Waals surface area contributed by atoms with E-state index in [4.69, 9.17) is 11.6 Å². The first-order valence-electron chi connectivity index (χ1n) is 7.21. The van der Waals surface area contributed by atoms with Crippen LogP contribution in [0.15, 0.2) is 30.3 Å². The molecule has 0 amide bonds. The van der Waals surface area contributed by atoms with Crippen LogP contribution in [0.4, 0.5) is 0 Å². The minimum atomic E-state index is 0.360. The summed E-state index contributed by atoms with van der Waals surface area (Å²) in [5.74, 6) is 0. The van der Waals surface area contributed by atoms with Gasteiger partial charge in [-0.25, -0.2) is 0 Å². The normalized spacial score (nSPS) is 12.6. The molecule has 1 unspecified atom stereocenters. The van der Waals surface area contributed by atoms with E-state index in [9.17, 15) is 0 Å². The smallest absolute Gasteiger partial charge is 0.0435 e. The zero-order chi connectivity index (χ0) is 14.5. The molecule has 1 nitrogen and oxygen atoms in total. The van der Waals surface area contributed by atoms with Crippen molar-refractivity contribution in [2.75, 3.05) is 6.54 Å². The second-order valence-corrected chi connectivity index (χ2v) is 6.70. The quantitative estimate of drug-likeness (QED) is 0.776. The summed E-state index contributed by atoms with van der Waals surface area (Å²) >= 11 is 8.05. The number of thiophene rings is 1. The third-order valence-electron chi connectivity index (χ3n) is 3.51. The van der Waals surface area contributed by atoms with Crippen molar-refractivity contribution in [3.8, 4) is 0 Å². The Morgan fingerprint density at radius 2 is 1.90 bits per heavy atom. The van der Waals surface area contributed by atoms with E-state index in [-0.39, 0.29) is 0 Å². The summed E-state index contributed by atoms with van der Waals surface area (Å²) in [7, 11) is 0. The van der Waals surface area contributed by atoms with Crippen LogP contribution in [0.3, 0.4) is 0 Å². The van der Waals surface area contributed by atoms with Gasteiger partial charge < -0.3 is 5.32 Å². The van der Waals surface area contributed by atoms with Crippen LogP contribution in [-0.4, -0.2) is 6.54 Å². The van der Waals surface area contributed by atoms with E-state index < -0.39 is 0 Å². The third-order valence-corrected chi connectivity index (χ3v) is 5.18. The Hall–Kier alpha value is -0.830. The van der Waals surface area contributed by atoms with Gasteiger partial charge in [0.2, 0.25) is 0 Å². The molecule has 0 spiro atoms. The molecule has 0 aliphatic heterocycles. The number of hydrogen-bond donors (Lipinski definition) is 1. The van der Waals surface area contributed by atoms with E-state index in [1.165, 1.54) is 15.3 Å². The molecule has 2 rings (SSSR count). The molecule has 0 radical (unpaired) electrons. The van der Waals surface area contributed by atoms with E-state index in [2.05, 4.69) is 50.4 Å². The monoisotopic (exact) mass is 307 g/mol. The highest BCUT2D eigenvalue weighted by molar-refractivity contribution is 7.11. The van der Waals surface area contributed by atoms with Crippen molar-refractivity contribution in [2.24, 2.45) is 0 Å². The van der Waals surface area contributed by atoms with Gasteiger partial charge in [-0.05, 0) is 49.2 Å². The van der Waals surface area contributed by atoms with E-state index >= 15 is 0 Å². The van der Waals surface area contributed by atoms with Crippen molar-refractivity contribution in [2.45, 2.75) is 39.7 Å². The first-order chi connectivity index (χ1) is 9.63. The molecule has 0 aliphatic rings. The van der Waals surface area contributed by atoms with E-state index in [0.717, 1.165) is 30.0 Å². The first-order valence-corrected chi connectivity index (χ1v) is 8.40. The molecule has 0 aliphatic carbocycles. The Bertz CT molecular complexity index is 562. The number of halogens is 1. The SMILES string of the molecule is CCNC(Cc1ccc(CC)s1)c1ccc(Cl)c(C)c1. The fourth-order valence-corrected chi connectivity index (χ4v) is 3.48.